The standard InChI is InChI=1S/C10H8Cl2N2O2S/c11-7-2-1-6(3-8(7)12)14(5-15)10-13-9(16)4-17-10/h1-3,5,10H,4H2,(H,13,16). The molecular weight excluding hydrogens is 283 g/mol. The lowest BCUT2D eigenvalue weighted by Gasteiger charge is -2.23. The van der Waals surface area contributed by atoms with E-state index in [2.05, 4.69) is 5.32 Å². The summed E-state index contributed by atoms with van der Waals surface area (Å²) < 4.78 is 0. The summed E-state index contributed by atoms with van der Waals surface area (Å²) in [5, 5.41) is 3.47. The minimum Gasteiger partial charge on any atom is -0.326 e. The molecule has 1 atom stereocenters. The molecule has 0 saturated carbocycles. The Balaban J connectivity index is 2.25. The Hall–Kier alpha value is -0.910. The van der Waals surface area contributed by atoms with Crippen LogP contribution in [0, 0.1) is 0 Å². The minimum absolute atomic E-state index is 0.0908. The van der Waals surface area contributed by atoms with Gasteiger partial charge in [-0.1, -0.05) is 23.2 Å². The number of nitrogens with zero attached hydrogens (tertiary/aromatic N) is 1. The first kappa shape index (κ1) is 12.5. The van der Waals surface area contributed by atoms with Crippen LogP contribution in [0.3, 0.4) is 0 Å². The molecule has 0 spiro atoms. The second kappa shape index (κ2) is 5.16. The van der Waals surface area contributed by atoms with Crippen molar-refractivity contribution < 1.29 is 9.59 Å². The third-order valence-corrected chi connectivity index (χ3v) is 4.05. The van der Waals surface area contributed by atoms with E-state index in [1.54, 1.807) is 18.2 Å². The van der Waals surface area contributed by atoms with Crippen LogP contribution >= 0.6 is 35.0 Å². The highest BCUT2D eigenvalue weighted by molar-refractivity contribution is 8.01. The number of halogens is 2. The molecule has 0 aliphatic carbocycles. The number of thioether (sulfide) groups is 1. The van der Waals surface area contributed by atoms with E-state index in [1.807, 2.05) is 0 Å². The second-order valence-corrected chi connectivity index (χ2v) is 5.22. The Morgan fingerprint density at radius 1 is 1.41 bits per heavy atom. The fraction of sp³-hybridized carbons (Fsp3) is 0.200. The normalized spacial score (nSPS) is 18.9. The smallest absolute Gasteiger partial charge is 0.232 e. The van der Waals surface area contributed by atoms with Gasteiger partial charge in [-0.15, -0.1) is 11.8 Å². The number of rotatable bonds is 3. The van der Waals surface area contributed by atoms with Gasteiger partial charge in [0.25, 0.3) is 0 Å². The van der Waals surface area contributed by atoms with E-state index in [4.69, 9.17) is 23.2 Å². The summed E-state index contributed by atoms with van der Waals surface area (Å²) in [6, 6.07) is 4.87. The molecule has 17 heavy (non-hydrogen) atoms. The maximum absolute atomic E-state index is 11.1. The fourth-order valence-corrected chi connectivity index (χ4v) is 2.65. The van der Waals surface area contributed by atoms with Crippen molar-refractivity contribution in [3.05, 3.63) is 28.2 Å². The number of benzene rings is 1. The van der Waals surface area contributed by atoms with Crippen LogP contribution in [0.1, 0.15) is 0 Å². The van der Waals surface area contributed by atoms with Crippen molar-refractivity contribution >= 4 is 53.0 Å². The lowest BCUT2D eigenvalue weighted by atomic mass is 10.3. The zero-order valence-corrected chi connectivity index (χ0v) is 10.9. The van der Waals surface area contributed by atoms with Crippen molar-refractivity contribution in [2.24, 2.45) is 0 Å². The summed E-state index contributed by atoms with van der Waals surface area (Å²) in [7, 11) is 0. The topological polar surface area (TPSA) is 49.4 Å². The van der Waals surface area contributed by atoms with Crippen LogP contribution in [0.4, 0.5) is 5.69 Å². The maximum Gasteiger partial charge on any atom is 0.232 e. The molecule has 0 radical (unpaired) electrons. The van der Waals surface area contributed by atoms with Crippen LogP contribution in [0.5, 0.6) is 0 Å². The molecule has 1 aliphatic heterocycles. The number of amides is 2. The molecule has 4 nitrogen and oxygen atoms in total. The molecule has 2 amide bonds. The lowest BCUT2D eigenvalue weighted by molar-refractivity contribution is -0.118. The lowest BCUT2D eigenvalue weighted by Crippen LogP contribution is -2.40. The number of carbonyl (C=O) groups excluding carboxylic acids is 2. The Morgan fingerprint density at radius 3 is 2.71 bits per heavy atom. The van der Waals surface area contributed by atoms with Gasteiger partial charge in [0, 0.05) is 5.69 Å². The van der Waals surface area contributed by atoms with Crippen LogP contribution in [-0.2, 0) is 9.59 Å². The van der Waals surface area contributed by atoms with E-state index in [0.29, 0.717) is 27.9 Å². The molecule has 1 unspecified atom stereocenters. The molecule has 1 aromatic rings. The van der Waals surface area contributed by atoms with Gasteiger partial charge < -0.3 is 5.32 Å². The molecule has 1 N–H and O–H groups in total. The summed E-state index contributed by atoms with van der Waals surface area (Å²) in [4.78, 5) is 23.6. The predicted molar refractivity (Wildman–Crippen MR) is 69.4 cm³/mol. The van der Waals surface area contributed by atoms with E-state index in [-0.39, 0.29) is 5.91 Å². The molecule has 1 heterocycles. The van der Waals surface area contributed by atoms with Crippen molar-refractivity contribution in [3.63, 3.8) is 0 Å². The average molecular weight is 291 g/mol. The maximum atomic E-state index is 11.1. The summed E-state index contributed by atoms with van der Waals surface area (Å²) >= 11 is 13.0. The number of hydrogen-bond donors (Lipinski definition) is 1. The van der Waals surface area contributed by atoms with Crippen LogP contribution in [-0.4, -0.2) is 23.6 Å². The molecule has 0 bridgehead atoms. The van der Waals surface area contributed by atoms with Gasteiger partial charge in [-0.05, 0) is 18.2 Å². The number of anilines is 1. The highest BCUT2D eigenvalue weighted by Crippen LogP contribution is 2.30. The molecule has 0 aromatic heterocycles. The predicted octanol–water partition coefficient (Wildman–Crippen LogP) is 2.10. The minimum atomic E-state index is -0.391. The largest absolute Gasteiger partial charge is 0.326 e. The molecule has 1 fully saturated rings. The third kappa shape index (κ3) is 2.68. The fourth-order valence-electron chi connectivity index (χ4n) is 1.42. The first-order valence-corrected chi connectivity index (χ1v) is 6.52. The quantitative estimate of drug-likeness (QED) is 0.868. The second-order valence-electron chi connectivity index (χ2n) is 3.34. The van der Waals surface area contributed by atoms with E-state index in [0.717, 1.165) is 0 Å². The van der Waals surface area contributed by atoms with Gasteiger partial charge in [0.1, 0.15) is 0 Å². The van der Waals surface area contributed by atoms with Crippen molar-refractivity contribution in [2.45, 2.75) is 5.50 Å². The van der Waals surface area contributed by atoms with Crippen molar-refractivity contribution in [3.8, 4) is 0 Å². The first-order chi connectivity index (χ1) is 8.11. The SMILES string of the molecule is O=CN(c1ccc(Cl)c(Cl)c1)C1NC(=O)CS1. The zero-order chi connectivity index (χ0) is 12.4. The monoisotopic (exact) mass is 290 g/mol. The van der Waals surface area contributed by atoms with Crippen molar-refractivity contribution in [1.82, 2.24) is 5.32 Å². The number of nitrogens with one attached hydrogen (secondary N) is 1. The average Bonchev–Trinajstić information content (AvgIpc) is 2.71. The number of hydrogen-bond acceptors (Lipinski definition) is 3. The summed E-state index contributed by atoms with van der Waals surface area (Å²) in [5.41, 5.74) is 0.200. The van der Waals surface area contributed by atoms with E-state index < -0.39 is 5.50 Å². The molecule has 1 aliphatic rings. The summed E-state index contributed by atoms with van der Waals surface area (Å²) in [5.74, 6) is 0.253. The van der Waals surface area contributed by atoms with E-state index in [1.165, 1.54) is 16.7 Å². The van der Waals surface area contributed by atoms with Gasteiger partial charge in [-0.3, -0.25) is 14.5 Å². The van der Waals surface area contributed by atoms with Crippen LogP contribution in [0.25, 0.3) is 0 Å². The Labute approximate surface area is 112 Å². The molecule has 2 rings (SSSR count). The zero-order valence-electron chi connectivity index (χ0n) is 8.52. The first-order valence-electron chi connectivity index (χ1n) is 4.71. The van der Waals surface area contributed by atoms with E-state index in [9.17, 15) is 9.59 Å². The van der Waals surface area contributed by atoms with Crippen LogP contribution in [0.15, 0.2) is 18.2 Å². The number of carbonyl (C=O) groups is 2. The summed E-state index contributed by atoms with van der Waals surface area (Å²) in [6.07, 6.45) is 0.656. The molecular formula is C10H8Cl2N2O2S. The Morgan fingerprint density at radius 2 is 2.18 bits per heavy atom. The molecule has 1 aromatic carbocycles. The van der Waals surface area contributed by atoms with Crippen molar-refractivity contribution in [1.29, 1.82) is 0 Å². The third-order valence-electron chi connectivity index (χ3n) is 2.22. The molecule has 90 valence electrons. The van der Waals surface area contributed by atoms with Crippen LogP contribution in [0.2, 0.25) is 10.0 Å². The van der Waals surface area contributed by atoms with Gasteiger partial charge in [0.15, 0.2) is 5.50 Å². The van der Waals surface area contributed by atoms with E-state index >= 15 is 0 Å². The Kier molecular flexibility index (Phi) is 3.81. The Bertz CT molecular complexity index is 470. The highest BCUT2D eigenvalue weighted by Gasteiger charge is 2.27. The van der Waals surface area contributed by atoms with Gasteiger partial charge in [-0.2, -0.15) is 0 Å². The van der Waals surface area contributed by atoms with Gasteiger partial charge in [0.05, 0.1) is 15.8 Å². The van der Waals surface area contributed by atoms with Gasteiger partial charge >= 0.3 is 0 Å². The molecule has 7 heteroatoms. The summed E-state index contributed by atoms with van der Waals surface area (Å²) in [6.45, 7) is 0. The van der Waals surface area contributed by atoms with Crippen molar-refractivity contribution in [2.75, 3.05) is 10.7 Å². The van der Waals surface area contributed by atoms with Gasteiger partial charge in [0.2, 0.25) is 12.3 Å². The van der Waals surface area contributed by atoms with Crippen LogP contribution < -0.4 is 10.2 Å². The molecule has 1 saturated heterocycles. The van der Waals surface area contributed by atoms with Gasteiger partial charge in [-0.25, -0.2) is 0 Å². The highest BCUT2D eigenvalue weighted by atomic mass is 35.5.